The molecular weight excluding hydrogens is 412 g/mol. The Balaban J connectivity index is 1.42. The Bertz CT molecular complexity index is 1060. The zero-order valence-electron chi connectivity index (χ0n) is 20.0. The molecule has 174 valence electrons. The van der Waals surface area contributed by atoms with Gasteiger partial charge < -0.3 is 14.4 Å². The molecule has 2 aliphatic heterocycles. The number of hydrogen-bond acceptors (Lipinski definition) is 5. The van der Waals surface area contributed by atoms with Gasteiger partial charge >= 0.3 is 0 Å². The van der Waals surface area contributed by atoms with Crippen LogP contribution in [0.4, 0.5) is 5.69 Å². The van der Waals surface area contributed by atoms with Crippen LogP contribution in [0.25, 0.3) is 6.08 Å². The molecule has 2 aromatic rings. The zero-order chi connectivity index (χ0) is 22.9. The number of benzene rings is 2. The highest BCUT2D eigenvalue weighted by Crippen LogP contribution is 2.44. The second-order valence-corrected chi connectivity index (χ2v) is 9.39. The van der Waals surface area contributed by atoms with Crippen molar-refractivity contribution in [3.05, 3.63) is 58.3 Å². The second kappa shape index (κ2) is 9.22. The Hall–Kier alpha value is -2.79. The van der Waals surface area contributed by atoms with E-state index in [1.54, 1.807) is 0 Å². The molecule has 0 N–H and O–H groups in total. The lowest BCUT2D eigenvalue weighted by Gasteiger charge is -2.37. The number of fused-ring (bicyclic) bond motifs is 3. The number of Topliss-reactive ketones (excluding diaryl/α,β-unsaturated/α-hetero) is 1. The summed E-state index contributed by atoms with van der Waals surface area (Å²) in [6.07, 6.45) is 8.22. The van der Waals surface area contributed by atoms with Gasteiger partial charge in [-0.1, -0.05) is 31.4 Å². The van der Waals surface area contributed by atoms with Crippen molar-refractivity contribution >= 4 is 17.5 Å². The van der Waals surface area contributed by atoms with Gasteiger partial charge in [0.15, 0.2) is 5.76 Å². The first-order valence-corrected chi connectivity index (χ1v) is 12.4. The maximum atomic E-state index is 13.3. The van der Waals surface area contributed by atoms with Crippen LogP contribution in [-0.2, 0) is 6.54 Å². The summed E-state index contributed by atoms with van der Waals surface area (Å²) >= 11 is 0. The van der Waals surface area contributed by atoms with Crippen LogP contribution in [0.5, 0.6) is 11.5 Å². The molecule has 0 atom stereocenters. The Morgan fingerprint density at radius 2 is 1.82 bits per heavy atom. The van der Waals surface area contributed by atoms with Crippen molar-refractivity contribution in [2.45, 2.75) is 65.5 Å². The maximum absolute atomic E-state index is 13.3. The largest absolute Gasteiger partial charge is 0.478 e. The van der Waals surface area contributed by atoms with E-state index in [1.165, 1.54) is 37.8 Å². The third-order valence-corrected chi connectivity index (χ3v) is 7.36. The van der Waals surface area contributed by atoms with E-state index in [9.17, 15) is 4.79 Å². The van der Waals surface area contributed by atoms with Crippen molar-refractivity contribution in [1.82, 2.24) is 4.90 Å². The molecule has 0 aromatic heterocycles. The molecular formula is C28H34N2O3. The number of ether oxygens (including phenoxy) is 2. The van der Waals surface area contributed by atoms with Crippen LogP contribution in [0.2, 0.25) is 0 Å². The molecule has 0 bridgehead atoms. The lowest BCUT2D eigenvalue weighted by Crippen LogP contribution is -2.41. The molecule has 1 saturated carbocycles. The molecule has 3 aliphatic rings. The summed E-state index contributed by atoms with van der Waals surface area (Å²) in [5.74, 6) is 1.91. The van der Waals surface area contributed by atoms with E-state index in [1.807, 2.05) is 19.1 Å². The molecule has 0 saturated heterocycles. The van der Waals surface area contributed by atoms with Gasteiger partial charge in [-0.2, -0.15) is 0 Å². The lowest BCUT2D eigenvalue weighted by atomic mass is 9.93. The van der Waals surface area contributed by atoms with Crippen molar-refractivity contribution in [2.24, 2.45) is 0 Å². The highest BCUT2D eigenvalue weighted by Gasteiger charge is 2.36. The molecule has 0 amide bonds. The SMILES string of the molecule is CCN(CC)c1ccc(/C=C2\Oc3c4c(cc(C)c3C2=O)OCN(C2CCCCC2)C4)cc1. The number of rotatable bonds is 5. The Morgan fingerprint density at radius 1 is 1.09 bits per heavy atom. The summed E-state index contributed by atoms with van der Waals surface area (Å²) in [4.78, 5) is 18.0. The number of hydrogen-bond donors (Lipinski definition) is 0. The van der Waals surface area contributed by atoms with E-state index < -0.39 is 0 Å². The van der Waals surface area contributed by atoms with Gasteiger partial charge in [-0.25, -0.2) is 0 Å². The highest BCUT2D eigenvalue weighted by atomic mass is 16.5. The number of anilines is 1. The van der Waals surface area contributed by atoms with Gasteiger partial charge in [0.1, 0.15) is 18.2 Å². The molecule has 1 fully saturated rings. The Morgan fingerprint density at radius 3 is 2.52 bits per heavy atom. The van der Waals surface area contributed by atoms with E-state index in [2.05, 4.69) is 47.9 Å². The minimum Gasteiger partial charge on any atom is -0.478 e. The molecule has 2 heterocycles. The predicted molar refractivity (Wildman–Crippen MR) is 132 cm³/mol. The van der Waals surface area contributed by atoms with Crippen molar-refractivity contribution in [3.8, 4) is 11.5 Å². The van der Waals surface area contributed by atoms with Crippen LogP contribution in [0.15, 0.2) is 36.1 Å². The van der Waals surface area contributed by atoms with E-state index >= 15 is 0 Å². The number of allylic oxidation sites excluding steroid dienone is 1. The van der Waals surface area contributed by atoms with Crippen LogP contribution < -0.4 is 14.4 Å². The molecule has 0 spiro atoms. The first-order chi connectivity index (χ1) is 16.1. The highest BCUT2D eigenvalue weighted by molar-refractivity contribution is 6.15. The Kier molecular flexibility index (Phi) is 6.15. The summed E-state index contributed by atoms with van der Waals surface area (Å²) in [7, 11) is 0. The molecule has 5 nitrogen and oxygen atoms in total. The van der Waals surface area contributed by atoms with Gasteiger partial charge in [0.05, 0.1) is 11.1 Å². The standard InChI is InChI=1S/C28H34N2O3/c1-4-29(5-2)22-13-11-20(12-14-22)16-25-27(31)26-19(3)15-24-23(28(26)33-25)17-30(18-32-24)21-9-7-6-8-10-21/h11-16,21H,4-10,17-18H2,1-3H3/b25-16-. The minimum atomic E-state index is -0.0343. The molecule has 33 heavy (non-hydrogen) atoms. The van der Waals surface area contributed by atoms with Crippen molar-refractivity contribution in [3.63, 3.8) is 0 Å². The first-order valence-electron chi connectivity index (χ1n) is 12.4. The summed E-state index contributed by atoms with van der Waals surface area (Å²) < 4.78 is 12.4. The van der Waals surface area contributed by atoms with Crippen LogP contribution in [-0.4, -0.2) is 36.5 Å². The van der Waals surface area contributed by atoms with E-state index in [0.29, 0.717) is 29.8 Å². The molecule has 5 rings (SSSR count). The average molecular weight is 447 g/mol. The van der Waals surface area contributed by atoms with E-state index in [0.717, 1.165) is 42.1 Å². The second-order valence-electron chi connectivity index (χ2n) is 9.39. The number of carbonyl (C=O) groups is 1. The fourth-order valence-electron chi connectivity index (χ4n) is 5.45. The van der Waals surface area contributed by atoms with E-state index in [4.69, 9.17) is 9.47 Å². The Labute approximate surface area is 197 Å². The van der Waals surface area contributed by atoms with Crippen LogP contribution in [0.1, 0.15) is 73.0 Å². The lowest BCUT2D eigenvalue weighted by molar-refractivity contribution is 0.0393. The van der Waals surface area contributed by atoms with E-state index in [-0.39, 0.29) is 5.78 Å². The zero-order valence-corrected chi connectivity index (χ0v) is 20.0. The van der Waals surface area contributed by atoms with Crippen molar-refractivity contribution < 1.29 is 14.3 Å². The summed E-state index contributed by atoms with van der Waals surface area (Å²) in [5, 5.41) is 0. The molecule has 0 radical (unpaired) electrons. The predicted octanol–water partition coefficient (Wildman–Crippen LogP) is 5.94. The third-order valence-electron chi connectivity index (χ3n) is 7.36. The number of nitrogens with zero attached hydrogens (tertiary/aromatic N) is 2. The third kappa shape index (κ3) is 4.15. The molecule has 5 heteroatoms. The topological polar surface area (TPSA) is 42.0 Å². The average Bonchev–Trinajstić information content (AvgIpc) is 3.18. The van der Waals surface area contributed by atoms with Crippen LogP contribution >= 0.6 is 0 Å². The van der Waals surface area contributed by atoms with Gasteiger partial charge in [0.25, 0.3) is 0 Å². The smallest absolute Gasteiger partial charge is 0.232 e. The first kappa shape index (κ1) is 22.0. The fourth-order valence-corrected chi connectivity index (χ4v) is 5.45. The number of carbonyl (C=O) groups excluding carboxylic acids is 1. The maximum Gasteiger partial charge on any atom is 0.232 e. The van der Waals surface area contributed by atoms with Gasteiger partial charge in [0.2, 0.25) is 5.78 Å². The van der Waals surface area contributed by atoms with Crippen molar-refractivity contribution in [1.29, 1.82) is 0 Å². The van der Waals surface area contributed by atoms with Crippen LogP contribution in [0, 0.1) is 6.92 Å². The molecule has 0 unspecified atom stereocenters. The van der Waals surface area contributed by atoms with Gasteiger partial charge in [-0.15, -0.1) is 0 Å². The van der Waals surface area contributed by atoms with Gasteiger partial charge in [-0.05, 0) is 69.0 Å². The minimum absolute atomic E-state index is 0.0343. The summed E-state index contributed by atoms with van der Waals surface area (Å²) in [6, 6.07) is 10.9. The van der Waals surface area contributed by atoms with Crippen LogP contribution in [0.3, 0.4) is 0 Å². The monoisotopic (exact) mass is 446 g/mol. The quantitative estimate of drug-likeness (QED) is 0.532. The normalized spacial score (nSPS) is 19.7. The molecule has 2 aromatic carbocycles. The summed E-state index contributed by atoms with van der Waals surface area (Å²) in [5.41, 5.74) is 4.78. The summed E-state index contributed by atoms with van der Waals surface area (Å²) in [6.45, 7) is 9.62. The van der Waals surface area contributed by atoms with Crippen molar-refractivity contribution in [2.75, 3.05) is 24.7 Å². The number of ketones is 1. The number of aryl methyl sites for hydroxylation is 1. The van der Waals surface area contributed by atoms with Gasteiger partial charge in [-0.3, -0.25) is 9.69 Å². The van der Waals surface area contributed by atoms with Gasteiger partial charge in [0, 0.05) is 31.4 Å². The fraction of sp³-hybridized carbons (Fsp3) is 0.464. The molecule has 1 aliphatic carbocycles.